The molecular formula is C17H15FN6O3S. The summed E-state index contributed by atoms with van der Waals surface area (Å²) in [6.45, 7) is 1.09. The molecule has 0 bridgehead atoms. The van der Waals surface area contributed by atoms with Crippen molar-refractivity contribution in [2.45, 2.75) is 18.9 Å². The van der Waals surface area contributed by atoms with Crippen LogP contribution in [0, 0.1) is 11.2 Å². The fraction of sp³-hybridized carbons (Fsp3) is 0.353. The first-order valence-electron chi connectivity index (χ1n) is 8.67. The molecule has 1 unspecified atom stereocenters. The molecule has 1 saturated carbocycles. The summed E-state index contributed by atoms with van der Waals surface area (Å²) >= 11 is 0.927. The first kappa shape index (κ1) is 17.2. The Morgan fingerprint density at radius 1 is 1.43 bits per heavy atom. The molecular weight excluding hydrogens is 387 g/mol. The zero-order valence-corrected chi connectivity index (χ0v) is 15.3. The summed E-state index contributed by atoms with van der Waals surface area (Å²) in [5, 5.41) is 9.23. The van der Waals surface area contributed by atoms with E-state index >= 15 is 0 Å². The molecule has 1 aliphatic heterocycles. The normalized spacial score (nSPS) is 20.2. The maximum absolute atomic E-state index is 14.9. The van der Waals surface area contributed by atoms with Crippen molar-refractivity contribution in [3.05, 3.63) is 40.1 Å². The first-order valence-corrected chi connectivity index (χ1v) is 9.40. The van der Waals surface area contributed by atoms with Gasteiger partial charge in [0.15, 0.2) is 23.1 Å². The number of nitrogens with two attached hydrogens (primary N) is 1. The van der Waals surface area contributed by atoms with Crippen LogP contribution in [0.5, 0.6) is 0 Å². The molecule has 3 N–H and O–H groups in total. The predicted octanol–water partition coefficient (Wildman–Crippen LogP) is 1.00. The molecule has 3 aromatic rings. The number of pyridine rings is 2. The van der Waals surface area contributed by atoms with E-state index in [1.54, 1.807) is 4.90 Å². The van der Waals surface area contributed by atoms with Crippen molar-refractivity contribution in [1.82, 2.24) is 18.3 Å². The summed E-state index contributed by atoms with van der Waals surface area (Å²) in [4.78, 5) is 30.3. The third kappa shape index (κ3) is 2.43. The van der Waals surface area contributed by atoms with Gasteiger partial charge >= 0.3 is 5.97 Å². The number of anilines is 1. The largest absolute Gasteiger partial charge is 0.477 e. The van der Waals surface area contributed by atoms with Crippen molar-refractivity contribution < 1.29 is 14.3 Å². The minimum absolute atomic E-state index is 0.0226. The van der Waals surface area contributed by atoms with Crippen LogP contribution in [0.25, 0.3) is 16.9 Å². The third-order valence-electron chi connectivity index (χ3n) is 5.64. The lowest BCUT2D eigenvalue weighted by Gasteiger charge is -2.19. The molecule has 9 nitrogen and oxygen atoms in total. The topological polar surface area (TPSA) is 127 Å². The molecule has 0 aromatic carbocycles. The molecule has 28 heavy (non-hydrogen) atoms. The number of nitrogens with zero attached hydrogens (tertiary/aromatic N) is 5. The van der Waals surface area contributed by atoms with Crippen LogP contribution in [0.15, 0.2) is 23.3 Å². The Bertz CT molecular complexity index is 1170. The molecule has 5 rings (SSSR count). The van der Waals surface area contributed by atoms with E-state index in [1.807, 2.05) is 0 Å². The number of aromatic carboxylic acids is 1. The molecule has 1 aliphatic carbocycles. The molecule has 3 aromatic heterocycles. The molecule has 2 aliphatic rings. The van der Waals surface area contributed by atoms with Crippen LogP contribution in [0.1, 0.15) is 23.2 Å². The Morgan fingerprint density at radius 2 is 2.21 bits per heavy atom. The average molecular weight is 402 g/mol. The van der Waals surface area contributed by atoms with Gasteiger partial charge in [-0.15, -0.1) is 0 Å². The number of carbonyl (C=O) groups is 1. The summed E-state index contributed by atoms with van der Waals surface area (Å²) < 4.78 is 24.3. The molecule has 4 heterocycles. The molecule has 0 amide bonds. The third-order valence-corrected chi connectivity index (χ3v) is 6.11. The van der Waals surface area contributed by atoms with Gasteiger partial charge in [0, 0.05) is 30.7 Å². The van der Waals surface area contributed by atoms with Crippen LogP contribution < -0.4 is 16.1 Å². The van der Waals surface area contributed by atoms with Crippen LogP contribution >= 0.6 is 11.7 Å². The van der Waals surface area contributed by atoms with Gasteiger partial charge in [0.05, 0.1) is 23.3 Å². The number of carboxylic acids is 1. The van der Waals surface area contributed by atoms with E-state index in [1.165, 1.54) is 10.8 Å². The Hall–Kier alpha value is -2.92. The number of carboxylic acid groups (broad SMARTS) is 1. The van der Waals surface area contributed by atoms with Crippen LogP contribution in [0.4, 0.5) is 10.2 Å². The molecule has 2 fully saturated rings. The monoisotopic (exact) mass is 402 g/mol. The lowest BCUT2D eigenvalue weighted by Crippen LogP contribution is -2.30. The molecule has 1 saturated heterocycles. The maximum atomic E-state index is 14.9. The molecule has 0 radical (unpaired) electrons. The molecule has 11 heteroatoms. The summed E-state index contributed by atoms with van der Waals surface area (Å²) in [6, 6.07) is 0.996. The fourth-order valence-electron chi connectivity index (χ4n) is 3.87. The molecule has 144 valence electrons. The molecule has 1 spiro atoms. The van der Waals surface area contributed by atoms with Crippen LogP contribution in [-0.4, -0.2) is 48.5 Å². The van der Waals surface area contributed by atoms with E-state index in [9.17, 15) is 19.1 Å². The lowest BCUT2D eigenvalue weighted by molar-refractivity contribution is 0.0695. The Kier molecular flexibility index (Phi) is 3.55. The highest BCUT2D eigenvalue weighted by atomic mass is 32.1. The Balaban J connectivity index is 1.74. The van der Waals surface area contributed by atoms with Gasteiger partial charge in [-0.2, -0.15) is 8.75 Å². The number of fused-ring (bicyclic) bond motifs is 1. The number of halogens is 1. The zero-order valence-electron chi connectivity index (χ0n) is 14.5. The first-order chi connectivity index (χ1) is 13.4. The average Bonchev–Trinajstić information content (AvgIpc) is 3.09. The highest BCUT2D eigenvalue weighted by Gasteiger charge is 2.54. The SMILES string of the molecule is NC1CN(c2nc3c(cc2F)c(=O)c(C(=O)O)cn3-c2cnsn2)CC12CC2. The standard InChI is InChI=1S/C17H15FN6O3S/c18-10-3-8-13(25)9(16(26)27)5-24(12-4-20-28-22-12)14(8)21-15(10)23-6-11(19)17(7-23)1-2-17/h3-5,11H,1-2,6-7,19H2,(H,26,27). The second kappa shape index (κ2) is 5.79. The van der Waals surface area contributed by atoms with Gasteiger partial charge in [0.25, 0.3) is 0 Å². The second-order valence-electron chi connectivity index (χ2n) is 7.33. The minimum atomic E-state index is -1.41. The quantitative estimate of drug-likeness (QED) is 0.664. The second-order valence-corrected chi connectivity index (χ2v) is 7.88. The number of hydrogen-bond donors (Lipinski definition) is 2. The Labute approximate surface area is 161 Å². The summed E-state index contributed by atoms with van der Waals surface area (Å²) in [7, 11) is 0. The van der Waals surface area contributed by atoms with E-state index in [0.29, 0.717) is 18.9 Å². The zero-order chi connectivity index (χ0) is 19.6. The highest BCUT2D eigenvalue weighted by molar-refractivity contribution is 6.99. The van der Waals surface area contributed by atoms with E-state index in [2.05, 4.69) is 13.7 Å². The van der Waals surface area contributed by atoms with Crippen molar-refractivity contribution in [3.8, 4) is 5.82 Å². The van der Waals surface area contributed by atoms with Crippen molar-refractivity contribution in [2.75, 3.05) is 18.0 Å². The van der Waals surface area contributed by atoms with E-state index in [-0.39, 0.29) is 28.3 Å². The van der Waals surface area contributed by atoms with Gasteiger partial charge < -0.3 is 15.7 Å². The van der Waals surface area contributed by atoms with E-state index < -0.39 is 22.8 Å². The summed E-state index contributed by atoms with van der Waals surface area (Å²) in [6.07, 6.45) is 4.60. The van der Waals surface area contributed by atoms with Crippen molar-refractivity contribution in [3.63, 3.8) is 0 Å². The highest BCUT2D eigenvalue weighted by Crippen LogP contribution is 2.52. The van der Waals surface area contributed by atoms with Crippen molar-refractivity contribution in [1.29, 1.82) is 0 Å². The summed E-state index contributed by atoms with van der Waals surface area (Å²) in [5.41, 5.74) is 5.09. The maximum Gasteiger partial charge on any atom is 0.341 e. The van der Waals surface area contributed by atoms with Crippen LogP contribution in [-0.2, 0) is 0 Å². The fourth-order valence-corrected chi connectivity index (χ4v) is 4.28. The van der Waals surface area contributed by atoms with Crippen LogP contribution in [0.3, 0.4) is 0 Å². The van der Waals surface area contributed by atoms with Gasteiger partial charge in [-0.05, 0) is 18.9 Å². The van der Waals surface area contributed by atoms with E-state index in [4.69, 9.17) is 5.73 Å². The van der Waals surface area contributed by atoms with Crippen molar-refractivity contribution >= 4 is 34.5 Å². The van der Waals surface area contributed by atoms with Crippen molar-refractivity contribution in [2.24, 2.45) is 11.1 Å². The minimum Gasteiger partial charge on any atom is -0.477 e. The van der Waals surface area contributed by atoms with Crippen LogP contribution in [0.2, 0.25) is 0 Å². The van der Waals surface area contributed by atoms with Gasteiger partial charge in [-0.3, -0.25) is 9.36 Å². The predicted molar refractivity (Wildman–Crippen MR) is 99.6 cm³/mol. The lowest BCUT2D eigenvalue weighted by atomic mass is 10.0. The number of hydrogen-bond acceptors (Lipinski definition) is 8. The Morgan fingerprint density at radius 3 is 2.82 bits per heavy atom. The van der Waals surface area contributed by atoms with Gasteiger partial charge in [-0.1, -0.05) is 0 Å². The van der Waals surface area contributed by atoms with Gasteiger partial charge in [0.1, 0.15) is 5.56 Å². The van der Waals surface area contributed by atoms with E-state index in [0.717, 1.165) is 36.8 Å². The smallest absolute Gasteiger partial charge is 0.341 e. The summed E-state index contributed by atoms with van der Waals surface area (Å²) in [5.74, 6) is -1.68. The van der Waals surface area contributed by atoms with Gasteiger partial charge in [0.2, 0.25) is 5.43 Å². The number of rotatable bonds is 3. The number of aromatic nitrogens is 4. The molecule has 1 atom stereocenters. The van der Waals surface area contributed by atoms with Gasteiger partial charge in [-0.25, -0.2) is 14.2 Å².